The minimum Gasteiger partial charge on any atom is -0.381 e. The molecule has 0 aliphatic rings. The van der Waals surface area contributed by atoms with Crippen LogP contribution in [-0.4, -0.2) is 51.3 Å². The molecule has 0 spiro atoms. The second-order valence-corrected chi connectivity index (χ2v) is 6.45. The standard InChI is InChI=1S/C18H31N3O2/c1-15(2)14-23-12-8-11-19-18(22)20-17(13-21(3)4)16-9-6-5-7-10-16/h5-7,9-10,15,17H,8,11-14H2,1-4H3,(H2,19,20,22). The number of ether oxygens (including phenoxy) is 1. The van der Waals surface area contributed by atoms with E-state index in [0.717, 1.165) is 25.1 Å². The lowest BCUT2D eigenvalue weighted by Crippen LogP contribution is -2.41. The van der Waals surface area contributed by atoms with E-state index in [4.69, 9.17) is 4.74 Å². The normalized spacial score (nSPS) is 12.4. The van der Waals surface area contributed by atoms with E-state index in [1.54, 1.807) is 0 Å². The summed E-state index contributed by atoms with van der Waals surface area (Å²) in [7, 11) is 4.00. The molecule has 0 aromatic heterocycles. The number of rotatable bonds is 10. The van der Waals surface area contributed by atoms with Gasteiger partial charge in [0.2, 0.25) is 0 Å². The van der Waals surface area contributed by atoms with E-state index in [1.165, 1.54) is 0 Å². The SMILES string of the molecule is CC(C)COCCCNC(=O)NC(CN(C)C)c1ccccc1. The van der Waals surface area contributed by atoms with Gasteiger partial charge in [0.05, 0.1) is 6.04 Å². The molecule has 1 aromatic carbocycles. The van der Waals surface area contributed by atoms with Crippen LogP contribution in [0, 0.1) is 5.92 Å². The molecule has 2 N–H and O–H groups in total. The van der Waals surface area contributed by atoms with Crippen LogP contribution in [0.1, 0.15) is 31.9 Å². The van der Waals surface area contributed by atoms with Gasteiger partial charge in [0.15, 0.2) is 0 Å². The van der Waals surface area contributed by atoms with E-state index < -0.39 is 0 Å². The number of carbonyl (C=O) groups excluding carboxylic acids is 1. The lowest BCUT2D eigenvalue weighted by atomic mass is 10.1. The van der Waals surface area contributed by atoms with E-state index >= 15 is 0 Å². The Labute approximate surface area is 140 Å². The quantitative estimate of drug-likeness (QED) is 0.651. The number of amides is 2. The highest BCUT2D eigenvalue weighted by molar-refractivity contribution is 5.74. The molecule has 1 aromatic rings. The van der Waals surface area contributed by atoms with Crippen molar-refractivity contribution in [1.29, 1.82) is 0 Å². The number of urea groups is 1. The van der Waals surface area contributed by atoms with Crippen molar-refractivity contribution < 1.29 is 9.53 Å². The van der Waals surface area contributed by atoms with Gasteiger partial charge in [-0.05, 0) is 32.0 Å². The maximum atomic E-state index is 12.1. The van der Waals surface area contributed by atoms with Gasteiger partial charge in [-0.3, -0.25) is 0 Å². The minimum absolute atomic E-state index is 0.0246. The number of nitrogens with one attached hydrogen (secondary N) is 2. The van der Waals surface area contributed by atoms with Gasteiger partial charge in [-0.15, -0.1) is 0 Å². The van der Waals surface area contributed by atoms with Crippen molar-refractivity contribution in [3.63, 3.8) is 0 Å². The van der Waals surface area contributed by atoms with Crippen LogP contribution in [0.5, 0.6) is 0 Å². The number of nitrogens with zero attached hydrogens (tertiary/aromatic N) is 1. The number of hydrogen-bond donors (Lipinski definition) is 2. The van der Waals surface area contributed by atoms with Crippen LogP contribution in [0.15, 0.2) is 30.3 Å². The maximum Gasteiger partial charge on any atom is 0.315 e. The highest BCUT2D eigenvalue weighted by Gasteiger charge is 2.14. The van der Waals surface area contributed by atoms with Crippen molar-refractivity contribution in [1.82, 2.24) is 15.5 Å². The third-order valence-electron chi connectivity index (χ3n) is 3.26. The van der Waals surface area contributed by atoms with Crippen LogP contribution in [-0.2, 0) is 4.74 Å². The molecular weight excluding hydrogens is 290 g/mol. The first-order valence-corrected chi connectivity index (χ1v) is 8.30. The van der Waals surface area contributed by atoms with Crippen molar-refractivity contribution in [3.8, 4) is 0 Å². The maximum absolute atomic E-state index is 12.1. The van der Waals surface area contributed by atoms with Crippen LogP contribution in [0.4, 0.5) is 4.79 Å². The molecule has 0 saturated carbocycles. The lowest BCUT2D eigenvalue weighted by molar-refractivity contribution is 0.108. The lowest BCUT2D eigenvalue weighted by Gasteiger charge is -2.23. The molecule has 0 bridgehead atoms. The van der Waals surface area contributed by atoms with Gasteiger partial charge < -0.3 is 20.3 Å². The van der Waals surface area contributed by atoms with Gasteiger partial charge in [0, 0.05) is 26.3 Å². The van der Waals surface area contributed by atoms with Crippen molar-refractivity contribution >= 4 is 6.03 Å². The molecule has 0 saturated heterocycles. The first-order valence-electron chi connectivity index (χ1n) is 8.30. The Balaban J connectivity index is 2.33. The summed E-state index contributed by atoms with van der Waals surface area (Å²) in [6, 6.07) is 9.87. The third kappa shape index (κ3) is 9.21. The Morgan fingerprint density at radius 3 is 2.52 bits per heavy atom. The largest absolute Gasteiger partial charge is 0.381 e. The summed E-state index contributed by atoms with van der Waals surface area (Å²) in [5.41, 5.74) is 1.11. The second-order valence-electron chi connectivity index (χ2n) is 6.45. The average molecular weight is 321 g/mol. The molecule has 23 heavy (non-hydrogen) atoms. The molecule has 0 radical (unpaired) electrons. The highest BCUT2D eigenvalue weighted by atomic mass is 16.5. The molecule has 1 unspecified atom stereocenters. The smallest absolute Gasteiger partial charge is 0.315 e. The molecule has 5 heteroatoms. The van der Waals surface area contributed by atoms with Crippen molar-refractivity contribution in [2.75, 3.05) is 40.4 Å². The van der Waals surface area contributed by atoms with E-state index in [-0.39, 0.29) is 12.1 Å². The molecule has 0 aliphatic carbocycles. The summed E-state index contributed by atoms with van der Waals surface area (Å²) < 4.78 is 5.50. The van der Waals surface area contributed by atoms with E-state index in [1.807, 2.05) is 44.4 Å². The van der Waals surface area contributed by atoms with Gasteiger partial charge in [0.25, 0.3) is 0 Å². The van der Waals surface area contributed by atoms with Crippen LogP contribution in [0.25, 0.3) is 0 Å². The van der Waals surface area contributed by atoms with Crippen molar-refractivity contribution in [3.05, 3.63) is 35.9 Å². The van der Waals surface area contributed by atoms with Gasteiger partial charge >= 0.3 is 6.03 Å². The molecule has 0 aliphatic heterocycles. The van der Waals surface area contributed by atoms with Gasteiger partial charge in [-0.2, -0.15) is 0 Å². The number of hydrogen-bond acceptors (Lipinski definition) is 3. The zero-order valence-electron chi connectivity index (χ0n) is 14.8. The topological polar surface area (TPSA) is 53.6 Å². The first kappa shape index (κ1) is 19.5. The molecule has 2 amide bonds. The zero-order valence-corrected chi connectivity index (χ0v) is 14.8. The Morgan fingerprint density at radius 2 is 1.91 bits per heavy atom. The van der Waals surface area contributed by atoms with Crippen LogP contribution >= 0.6 is 0 Å². The van der Waals surface area contributed by atoms with Crippen LogP contribution < -0.4 is 10.6 Å². The van der Waals surface area contributed by atoms with Gasteiger partial charge in [-0.25, -0.2) is 4.79 Å². The van der Waals surface area contributed by atoms with Crippen LogP contribution in [0.2, 0.25) is 0 Å². The van der Waals surface area contributed by atoms with Gasteiger partial charge in [-0.1, -0.05) is 44.2 Å². The number of likely N-dealkylation sites (N-methyl/N-ethyl adjacent to an activating group) is 1. The highest BCUT2D eigenvalue weighted by Crippen LogP contribution is 2.12. The Morgan fingerprint density at radius 1 is 1.22 bits per heavy atom. The summed E-state index contributed by atoms with van der Waals surface area (Å²) >= 11 is 0. The van der Waals surface area contributed by atoms with Crippen LogP contribution in [0.3, 0.4) is 0 Å². The summed E-state index contributed by atoms with van der Waals surface area (Å²) in [6.45, 7) is 7.08. The fourth-order valence-corrected chi connectivity index (χ4v) is 2.19. The Kier molecular flexibility index (Phi) is 9.33. The summed E-state index contributed by atoms with van der Waals surface area (Å²) in [5, 5.41) is 5.94. The van der Waals surface area contributed by atoms with Crippen molar-refractivity contribution in [2.24, 2.45) is 5.92 Å². The molecule has 1 rings (SSSR count). The number of carbonyl (C=O) groups is 1. The third-order valence-corrected chi connectivity index (χ3v) is 3.26. The molecule has 130 valence electrons. The Bertz CT molecular complexity index is 435. The number of benzene rings is 1. The van der Waals surface area contributed by atoms with E-state index in [9.17, 15) is 4.79 Å². The first-order chi connectivity index (χ1) is 11.0. The molecule has 0 heterocycles. The molecule has 0 fully saturated rings. The summed E-state index contributed by atoms with van der Waals surface area (Å²) in [5.74, 6) is 0.545. The Hall–Kier alpha value is -1.59. The van der Waals surface area contributed by atoms with Crippen molar-refractivity contribution in [2.45, 2.75) is 26.3 Å². The molecule has 1 atom stereocenters. The second kappa shape index (κ2) is 11.0. The monoisotopic (exact) mass is 321 g/mol. The zero-order chi connectivity index (χ0) is 17.1. The summed E-state index contributed by atoms with van der Waals surface area (Å²) in [6.07, 6.45) is 0.823. The van der Waals surface area contributed by atoms with E-state index in [2.05, 4.69) is 29.4 Å². The fourth-order valence-electron chi connectivity index (χ4n) is 2.19. The summed E-state index contributed by atoms with van der Waals surface area (Å²) in [4.78, 5) is 14.1. The minimum atomic E-state index is -0.135. The van der Waals surface area contributed by atoms with Gasteiger partial charge in [0.1, 0.15) is 0 Å². The average Bonchev–Trinajstić information content (AvgIpc) is 2.50. The molecular formula is C18H31N3O2. The molecule has 5 nitrogen and oxygen atoms in total. The fraction of sp³-hybridized carbons (Fsp3) is 0.611. The van der Waals surface area contributed by atoms with E-state index in [0.29, 0.717) is 19.1 Å². The predicted molar refractivity (Wildman–Crippen MR) is 94.5 cm³/mol. The predicted octanol–water partition coefficient (Wildman–Crippen LogP) is 2.65.